The lowest BCUT2D eigenvalue weighted by atomic mass is 10.0. The van der Waals surface area contributed by atoms with Gasteiger partial charge in [0.25, 0.3) is 0 Å². The molecule has 0 fully saturated rings. The smallest absolute Gasteiger partial charge is 0.227 e. The molecule has 0 N–H and O–H groups in total. The minimum atomic E-state index is 0.0969. The number of fused-ring (bicyclic) bond motifs is 1. The summed E-state index contributed by atoms with van der Waals surface area (Å²) in [5, 5.41) is 0. The van der Waals surface area contributed by atoms with E-state index in [2.05, 4.69) is 0 Å². The highest BCUT2D eigenvalue weighted by Gasteiger charge is 2.21. The molecule has 2 aromatic carbocycles. The number of aryl methyl sites for hydroxylation is 1. The van der Waals surface area contributed by atoms with Gasteiger partial charge in [0.05, 0.1) is 20.8 Å². The van der Waals surface area contributed by atoms with Crippen LogP contribution in [-0.4, -0.2) is 58.2 Å². The summed E-state index contributed by atoms with van der Waals surface area (Å²) >= 11 is 0. The molecule has 0 spiro atoms. The number of amides is 2. The summed E-state index contributed by atoms with van der Waals surface area (Å²) in [6.07, 6.45) is 3.08. The third kappa shape index (κ3) is 5.72. The van der Waals surface area contributed by atoms with Gasteiger partial charge in [-0.1, -0.05) is 6.07 Å². The number of carbonyl (C=O) groups excluding carboxylic acids is 2. The van der Waals surface area contributed by atoms with Crippen molar-refractivity contribution in [3.63, 3.8) is 0 Å². The molecular weight excluding hydrogens is 408 g/mol. The van der Waals surface area contributed by atoms with E-state index in [0.29, 0.717) is 43.9 Å². The monoisotopic (exact) mass is 440 g/mol. The lowest BCUT2D eigenvalue weighted by Crippen LogP contribution is -2.31. The Kier molecular flexibility index (Phi) is 7.98. The Morgan fingerprint density at radius 1 is 1.06 bits per heavy atom. The molecule has 3 rings (SSSR count). The molecule has 0 bridgehead atoms. The molecular formula is C25H32N2O5. The highest BCUT2D eigenvalue weighted by Crippen LogP contribution is 2.30. The molecule has 0 saturated heterocycles. The van der Waals surface area contributed by atoms with Crippen molar-refractivity contribution in [1.82, 2.24) is 4.90 Å². The van der Waals surface area contributed by atoms with Crippen LogP contribution in [0.3, 0.4) is 0 Å². The van der Waals surface area contributed by atoms with Crippen LogP contribution in [0.5, 0.6) is 17.2 Å². The fourth-order valence-electron chi connectivity index (χ4n) is 3.78. The maximum Gasteiger partial charge on any atom is 0.227 e. The highest BCUT2D eigenvalue weighted by molar-refractivity contribution is 5.95. The maximum absolute atomic E-state index is 12.4. The zero-order valence-electron chi connectivity index (χ0n) is 19.3. The van der Waals surface area contributed by atoms with Crippen LogP contribution < -0.4 is 19.1 Å². The Hall–Kier alpha value is -3.22. The van der Waals surface area contributed by atoms with Crippen LogP contribution in [0.4, 0.5) is 5.69 Å². The molecule has 2 aromatic rings. The predicted octanol–water partition coefficient (Wildman–Crippen LogP) is 3.47. The largest absolute Gasteiger partial charge is 0.494 e. The lowest BCUT2D eigenvalue weighted by molar-refractivity contribution is -0.130. The molecule has 1 aliphatic heterocycles. The van der Waals surface area contributed by atoms with Crippen molar-refractivity contribution < 1.29 is 23.8 Å². The topological polar surface area (TPSA) is 68.3 Å². The number of nitrogens with zero attached hydrogens (tertiary/aromatic N) is 2. The van der Waals surface area contributed by atoms with Crippen molar-refractivity contribution in [3.8, 4) is 17.2 Å². The first-order valence-corrected chi connectivity index (χ1v) is 10.9. The van der Waals surface area contributed by atoms with Crippen LogP contribution in [0.15, 0.2) is 36.4 Å². The summed E-state index contributed by atoms with van der Waals surface area (Å²) in [5.41, 5.74) is 3.15. The van der Waals surface area contributed by atoms with Crippen molar-refractivity contribution in [1.29, 1.82) is 0 Å². The van der Waals surface area contributed by atoms with E-state index < -0.39 is 0 Å². The molecule has 0 atom stereocenters. The van der Waals surface area contributed by atoms with E-state index in [4.69, 9.17) is 14.2 Å². The third-order valence-electron chi connectivity index (χ3n) is 5.81. The number of methoxy groups -OCH3 is 2. The first-order chi connectivity index (χ1) is 15.4. The SMILES string of the molecule is COc1ccc(CCN(C)C(=O)CCCOc2ccc3c(c2)CCC(=O)N3C)cc1OC. The molecule has 0 unspecified atom stereocenters. The normalized spacial score (nSPS) is 12.9. The van der Waals surface area contributed by atoms with E-state index in [1.54, 1.807) is 31.1 Å². The second-order valence-electron chi connectivity index (χ2n) is 7.95. The van der Waals surface area contributed by atoms with Crippen LogP contribution in [0.2, 0.25) is 0 Å². The summed E-state index contributed by atoms with van der Waals surface area (Å²) in [7, 11) is 6.85. The van der Waals surface area contributed by atoms with Gasteiger partial charge in [0.1, 0.15) is 5.75 Å². The lowest BCUT2D eigenvalue weighted by Gasteiger charge is -2.26. The predicted molar refractivity (Wildman–Crippen MR) is 124 cm³/mol. The van der Waals surface area contributed by atoms with Gasteiger partial charge >= 0.3 is 0 Å². The van der Waals surface area contributed by atoms with Crippen molar-refractivity contribution >= 4 is 17.5 Å². The van der Waals surface area contributed by atoms with E-state index >= 15 is 0 Å². The third-order valence-corrected chi connectivity index (χ3v) is 5.81. The van der Waals surface area contributed by atoms with Crippen molar-refractivity contribution in [2.24, 2.45) is 0 Å². The van der Waals surface area contributed by atoms with Gasteiger partial charge in [-0.25, -0.2) is 0 Å². The van der Waals surface area contributed by atoms with Crippen LogP contribution in [0.1, 0.15) is 30.4 Å². The number of hydrogen-bond donors (Lipinski definition) is 0. The van der Waals surface area contributed by atoms with Gasteiger partial charge < -0.3 is 24.0 Å². The first kappa shape index (κ1) is 23.4. The van der Waals surface area contributed by atoms with Crippen LogP contribution in [-0.2, 0) is 22.4 Å². The number of ether oxygens (including phenoxy) is 3. The summed E-state index contributed by atoms with van der Waals surface area (Å²) in [6, 6.07) is 11.6. The highest BCUT2D eigenvalue weighted by atomic mass is 16.5. The number of carbonyl (C=O) groups is 2. The van der Waals surface area contributed by atoms with Crippen molar-refractivity contribution in [3.05, 3.63) is 47.5 Å². The Labute approximate surface area is 189 Å². The van der Waals surface area contributed by atoms with E-state index in [1.807, 2.05) is 43.4 Å². The minimum absolute atomic E-state index is 0.0969. The van der Waals surface area contributed by atoms with Gasteiger partial charge in [-0.15, -0.1) is 0 Å². The molecule has 1 aliphatic rings. The first-order valence-electron chi connectivity index (χ1n) is 10.9. The van der Waals surface area contributed by atoms with E-state index in [1.165, 1.54) is 0 Å². The summed E-state index contributed by atoms with van der Waals surface area (Å²) in [6.45, 7) is 1.11. The van der Waals surface area contributed by atoms with Crippen LogP contribution in [0.25, 0.3) is 0 Å². The van der Waals surface area contributed by atoms with E-state index in [-0.39, 0.29) is 11.8 Å². The van der Waals surface area contributed by atoms with E-state index in [9.17, 15) is 9.59 Å². The van der Waals surface area contributed by atoms with Crippen molar-refractivity contribution in [2.45, 2.75) is 32.1 Å². The average Bonchev–Trinajstić information content (AvgIpc) is 2.82. The second kappa shape index (κ2) is 10.9. The number of likely N-dealkylation sites (N-methyl/N-ethyl adjacent to an activating group) is 1. The second-order valence-corrected chi connectivity index (χ2v) is 7.95. The molecule has 32 heavy (non-hydrogen) atoms. The summed E-state index contributed by atoms with van der Waals surface area (Å²) in [4.78, 5) is 27.7. The standard InChI is InChI=1S/C25H32N2O5/c1-26(14-13-18-7-11-22(30-3)23(16-18)31-4)24(28)6-5-15-32-20-9-10-21-19(17-20)8-12-25(29)27(21)2/h7,9-11,16-17H,5-6,8,12-15H2,1-4H3. The molecule has 0 saturated carbocycles. The average molecular weight is 441 g/mol. The Balaban J connectivity index is 1.41. The maximum atomic E-state index is 12.4. The number of anilines is 1. The number of hydrogen-bond acceptors (Lipinski definition) is 5. The van der Waals surface area contributed by atoms with Crippen LogP contribution in [0, 0.1) is 0 Å². The van der Waals surface area contributed by atoms with Gasteiger partial charge in [-0.2, -0.15) is 0 Å². The molecule has 0 aromatic heterocycles. The minimum Gasteiger partial charge on any atom is -0.494 e. The molecule has 7 nitrogen and oxygen atoms in total. The summed E-state index contributed by atoms with van der Waals surface area (Å²) < 4.78 is 16.4. The van der Waals surface area contributed by atoms with Gasteiger partial charge in [0, 0.05) is 39.2 Å². The Morgan fingerprint density at radius 2 is 1.84 bits per heavy atom. The Morgan fingerprint density at radius 3 is 2.59 bits per heavy atom. The van der Waals surface area contributed by atoms with Crippen molar-refractivity contribution in [2.75, 3.05) is 46.4 Å². The number of rotatable bonds is 10. The van der Waals surface area contributed by atoms with Gasteiger partial charge in [-0.05, 0) is 60.7 Å². The van der Waals surface area contributed by atoms with Crippen LogP contribution >= 0.6 is 0 Å². The molecule has 0 aliphatic carbocycles. The van der Waals surface area contributed by atoms with Gasteiger partial charge in [-0.3, -0.25) is 9.59 Å². The fourth-order valence-corrected chi connectivity index (χ4v) is 3.78. The summed E-state index contributed by atoms with van der Waals surface area (Å²) in [5.74, 6) is 2.40. The fraction of sp³-hybridized carbons (Fsp3) is 0.440. The van der Waals surface area contributed by atoms with Gasteiger partial charge in [0.2, 0.25) is 11.8 Å². The molecule has 2 amide bonds. The number of benzene rings is 2. The zero-order chi connectivity index (χ0) is 23.1. The van der Waals surface area contributed by atoms with Gasteiger partial charge in [0.15, 0.2) is 11.5 Å². The molecule has 0 radical (unpaired) electrons. The molecule has 172 valence electrons. The zero-order valence-corrected chi connectivity index (χ0v) is 19.3. The molecule has 1 heterocycles. The Bertz CT molecular complexity index is 959. The molecule has 7 heteroatoms. The van der Waals surface area contributed by atoms with E-state index in [0.717, 1.165) is 35.4 Å². The quantitative estimate of drug-likeness (QED) is 0.529.